The minimum Gasteiger partial charge on any atom is -0.352 e. The molecule has 130 valence electrons. The number of nitrogens with one attached hydrogen (secondary N) is 2. The fourth-order valence-electron chi connectivity index (χ4n) is 3.36. The van der Waals surface area contributed by atoms with Crippen molar-refractivity contribution >= 4 is 29.1 Å². The first-order valence-electron chi connectivity index (χ1n) is 8.67. The van der Waals surface area contributed by atoms with Gasteiger partial charge in [-0.1, -0.05) is 18.0 Å². The summed E-state index contributed by atoms with van der Waals surface area (Å²) in [6.07, 6.45) is 5.20. The first-order valence-corrected chi connectivity index (χ1v) is 9.05. The second kappa shape index (κ2) is 7.53. The molecule has 2 amide bonds. The van der Waals surface area contributed by atoms with Crippen LogP contribution in [0.3, 0.4) is 0 Å². The Morgan fingerprint density at radius 2 is 2.00 bits per heavy atom. The van der Waals surface area contributed by atoms with Gasteiger partial charge in [0.25, 0.3) is 5.91 Å². The fourth-order valence-corrected chi connectivity index (χ4v) is 3.53. The van der Waals surface area contributed by atoms with Crippen molar-refractivity contribution in [2.75, 3.05) is 18.4 Å². The van der Waals surface area contributed by atoms with Crippen molar-refractivity contribution in [2.24, 2.45) is 23.5 Å². The standard InChI is InChI=1S/C18H24ClN3O2/c19-13-6-7-16(15(8-13)17(23)21-10-11-4-5-11)22-18(24)14-3-1-2-12(14)9-20/h6-8,11-12,14H,1-5,9-10,20H2,(H,21,23)(H,22,24)/t12-,14-/m1/s1. The predicted molar refractivity (Wildman–Crippen MR) is 95.0 cm³/mol. The second-order valence-electron chi connectivity index (χ2n) is 6.87. The van der Waals surface area contributed by atoms with Gasteiger partial charge in [-0.3, -0.25) is 9.59 Å². The molecule has 0 unspecified atom stereocenters. The number of hydrogen-bond acceptors (Lipinski definition) is 3. The number of halogens is 1. The zero-order valence-corrected chi connectivity index (χ0v) is 14.4. The van der Waals surface area contributed by atoms with Crippen LogP contribution < -0.4 is 16.4 Å². The maximum absolute atomic E-state index is 12.6. The van der Waals surface area contributed by atoms with Crippen molar-refractivity contribution in [1.82, 2.24) is 5.32 Å². The molecule has 0 spiro atoms. The summed E-state index contributed by atoms with van der Waals surface area (Å²) in [5.41, 5.74) is 6.70. The average Bonchev–Trinajstić information content (AvgIpc) is 3.28. The molecule has 2 fully saturated rings. The number of nitrogens with two attached hydrogens (primary N) is 1. The molecule has 2 aliphatic carbocycles. The summed E-state index contributed by atoms with van der Waals surface area (Å²) >= 11 is 6.04. The fraction of sp³-hybridized carbons (Fsp3) is 0.556. The van der Waals surface area contributed by atoms with Crippen LogP contribution in [0.5, 0.6) is 0 Å². The number of rotatable bonds is 6. The smallest absolute Gasteiger partial charge is 0.253 e. The van der Waals surface area contributed by atoms with Gasteiger partial charge in [0.1, 0.15) is 0 Å². The highest BCUT2D eigenvalue weighted by molar-refractivity contribution is 6.31. The van der Waals surface area contributed by atoms with Gasteiger partial charge >= 0.3 is 0 Å². The second-order valence-corrected chi connectivity index (χ2v) is 7.30. The van der Waals surface area contributed by atoms with Crippen molar-refractivity contribution < 1.29 is 9.59 Å². The summed E-state index contributed by atoms with van der Waals surface area (Å²) in [4.78, 5) is 25.0. The molecular formula is C18H24ClN3O2. The molecule has 0 saturated heterocycles. The van der Waals surface area contributed by atoms with Crippen molar-refractivity contribution in [2.45, 2.75) is 32.1 Å². The lowest BCUT2D eigenvalue weighted by atomic mass is 9.95. The molecule has 5 nitrogen and oxygen atoms in total. The average molecular weight is 350 g/mol. The predicted octanol–water partition coefficient (Wildman–Crippen LogP) is 2.79. The monoisotopic (exact) mass is 349 g/mol. The van der Waals surface area contributed by atoms with E-state index in [1.54, 1.807) is 18.2 Å². The summed E-state index contributed by atoms with van der Waals surface area (Å²) in [6, 6.07) is 4.98. The molecule has 1 aromatic rings. The molecule has 2 aliphatic rings. The summed E-state index contributed by atoms with van der Waals surface area (Å²) < 4.78 is 0. The third kappa shape index (κ3) is 4.08. The van der Waals surface area contributed by atoms with Crippen molar-refractivity contribution in [3.63, 3.8) is 0 Å². The Bertz CT molecular complexity index is 631. The topological polar surface area (TPSA) is 84.2 Å². The third-order valence-electron chi connectivity index (χ3n) is 5.03. The molecule has 4 N–H and O–H groups in total. The van der Waals surface area contributed by atoms with E-state index < -0.39 is 0 Å². The molecule has 0 heterocycles. The number of benzene rings is 1. The molecule has 0 bridgehead atoms. The lowest BCUT2D eigenvalue weighted by molar-refractivity contribution is -0.120. The van der Waals surface area contributed by atoms with Gasteiger partial charge in [-0.05, 0) is 62.3 Å². The molecule has 24 heavy (non-hydrogen) atoms. The molecule has 3 rings (SSSR count). The van der Waals surface area contributed by atoms with Gasteiger partial charge in [-0.25, -0.2) is 0 Å². The Morgan fingerprint density at radius 3 is 2.71 bits per heavy atom. The van der Waals surface area contributed by atoms with E-state index in [1.165, 1.54) is 12.8 Å². The van der Waals surface area contributed by atoms with Gasteiger partial charge < -0.3 is 16.4 Å². The highest BCUT2D eigenvalue weighted by atomic mass is 35.5. The summed E-state index contributed by atoms with van der Waals surface area (Å²) in [5.74, 6) is 0.496. The number of anilines is 1. The Morgan fingerprint density at radius 1 is 1.21 bits per heavy atom. The number of amides is 2. The Hall–Kier alpha value is -1.59. The molecule has 0 aliphatic heterocycles. The van der Waals surface area contributed by atoms with E-state index in [0.29, 0.717) is 35.3 Å². The zero-order valence-electron chi connectivity index (χ0n) is 13.7. The van der Waals surface area contributed by atoms with Gasteiger partial charge in [-0.15, -0.1) is 0 Å². The highest BCUT2D eigenvalue weighted by Crippen LogP contribution is 2.32. The lowest BCUT2D eigenvalue weighted by Gasteiger charge is -2.19. The van der Waals surface area contributed by atoms with Gasteiger partial charge in [0.05, 0.1) is 11.3 Å². The molecule has 1 aromatic carbocycles. The van der Waals surface area contributed by atoms with Crippen LogP contribution in [-0.2, 0) is 4.79 Å². The SMILES string of the molecule is NC[C@H]1CCC[C@H]1C(=O)Nc1ccc(Cl)cc1C(=O)NCC1CC1. The van der Waals surface area contributed by atoms with E-state index in [2.05, 4.69) is 10.6 Å². The molecule has 0 aromatic heterocycles. The molecule has 2 atom stereocenters. The largest absolute Gasteiger partial charge is 0.352 e. The van der Waals surface area contributed by atoms with Gasteiger partial charge in [0.2, 0.25) is 5.91 Å². The van der Waals surface area contributed by atoms with Crippen LogP contribution in [0, 0.1) is 17.8 Å². The van der Waals surface area contributed by atoms with E-state index in [4.69, 9.17) is 17.3 Å². The number of carbonyl (C=O) groups is 2. The lowest BCUT2D eigenvalue weighted by Crippen LogP contribution is -2.31. The van der Waals surface area contributed by atoms with Gasteiger partial charge in [0.15, 0.2) is 0 Å². The minimum atomic E-state index is -0.193. The van der Waals surface area contributed by atoms with Gasteiger partial charge in [-0.2, -0.15) is 0 Å². The summed E-state index contributed by atoms with van der Waals surface area (Å²) in [7, 11) is 0. The first-order chi connectivity index (χ1) is 11.6. The van der Waals surface area contributed by atoms with Gasteiger partial charge in [0, 0.05) is 17.5 Å². The molecule has 0 radical (unpaired) electrons. The Balaban J connectivity index is 1.71. The van der Waals surface area contributed by atoms with E-state index in [0.717, 1.165) is 19.3 Å². The van der Waals surface area contributed by atoms with Crippen LogP contribution >= 0.6 is 11.6 Å². The Kier molecular flexibility index (Phi) is 5.41. The quantitative estimate of drug-likeness (QED) is 0.738. The normalized spacial score (nSPS) is 23.1. The maximum atomic E-state index is 12.6. The summed E-state index contributed by atoms with van der Waals surface area (Å²) in [6.45, 7) is 1.20. The van der Waals surface area contributed by atoms with E-state index in [9.17, 15) is 9.59 Å². The van der Waals surface area contributed by atoms with Crippen LogP contribution in [0.2, 0.25) is 5.02 Å². The third-order valence-corrected chi connectivity index (χ3v) is 5.27. The van der Waals surface area contributed by atoms with Crippen LogP contribution in [-0.4, -0.2) is 24.9 Å². The number of hydrogen-bond donors (Lipinski definition) is 3. The van der Waals surface area contributed by atoms with E-state index >= 15 is 0 Å². The highest BCUT2D eigenvalue weighted by Gasteiger charge is 2.32. The van der Waals surface area contributed by atoms with E-state index in [-0.39, 0.29) is 23.7 Å². The maximum Gasteiger partial charge on any atom is 0.253 e. The van der Waals surface area contributed by atoms with Crippen LogP contribution in [0.4, 0.5) is 5.69 Å². The van der Waals surface area contributed by atoms with Crippen molar-refractivity contribution in [3.05, 3.63) is 28.8 Å². The van der Waals surface area contributed by atoms with E-state index in [1.807, 2.05) is 0 Å². The summed E-state index contributed by atoms with van der Waals surface area (Å²) in [5, 5.41) is 6.31. The molecular weight excluding hydrogens is 326 g/mol. The van der Waals surface area contributed by atoms with Crippen molar-refractivity contribution in [1.29, 1.82) is 0 Å². The first kappa shape index (κ1) is 17.2. The Labute approximate surface area is 147 Å². The molecule has 6 heteroatoms. The van der Waals surface area contributed by atoms with Crippen LogP contribution in [0.15, 0.2) is 18.2 Å². The molecule has 2 saturated carbocycles. The minimum absolute atomic E-state index is 0.0542. The number of carbonyl (C=O) groups excluding carboxylic acids is 2. The van der Waals surface area contributed by atoms with Crippen LogP contribution in [0.25, 0.3) is 0 Å². The zero-order chi connectivity index (χ0) is 17.1. The van der Waals surface area contributed by atoms with Crippen LogP contribution in [0.1, 0.15) is 42.5 Å². The van der Waals surface area contributed by atoms with Crippen molar-refractivity contribution in [3.8, 4) is 0 Å².